The molecular weight excluding hydrogens is 1380 g/mol. The molecule has 0 aliphatic heterocycles. The maximum absolute atomic E-state index is 10.4. The summed E-state index contributed by atoms with van der Waals surface area (Å²) in [5.41, 5.74) is 8.77. The smallest absolute Gasteiger partial charge is 0.268 e. The molecule has 0 aliphatic rings. The normalized spacial score (nSPS) is 14.9. The summed E-state index contributed by atoms with van der Waals surface area (Å²) in [6, 6.07) is 38.5. The first-order chi connectivity index (χ1) is 51.6. The van der Waals surface area contributed by atoms with Gasteiger partial charge >= 0.3 is 0 Å². The van der Waals surface area contributed by atoms with Crippen molar-refractivity contribution in [2.24, 2.45) is 0 Å². The SMILES string of the molecule is [2H]c1c([2H])c([2H])c([Si](c2cc(C(C)(C)C)cc(-c3cc(C(C)(C)C)cc(C(C)(C)C)c3)c2-[n+]2[c-]n(-c3[c-]c(Oc4[c-]c5c(cc4)c4ccccc4n5-c4cc(C(C)(C)C)ccn4)ccc3)c3cc(-c4cc(C(C)(C)C)cc(C(C)(C)C)c4)ccc32)(c2c([2H])c([2H])c([2H])c([2H])c2[2H])c2c([2H])c([2H])c([2H])c([2H])c2[2H])c([2H])c1[2H].[Pt]. The molecule has 0 amide bonds. The predicted molar refractivity (Wildman–Crippen MR) is 407 cm³/mol. The largest absolute Gasteiger partial charge is 0.510 e. The van der Waals surface area contributed by atoms with Gasteiger partial charge in [0.2, 0.25) is 0 Å². The fourth-order valence-corrected chi connectivity index (χ4v) is 16.8. The quantitative estimate of drug-likeness (QED) is 0.0560. The van der Waals surface area contributed by atoms with Crippen LogP contribution >= 0.6 is 0 Å². The number of nitrogens with zero attached hydrogens (tertiary/aromatic N) is 4. The Balaban J connectivity index is 0.0000116. The van der Waals surface area contributed by atoms with E-state index in [0.717, 1.165) is 60.8 Å². The average Bonchev–Trinajstić information content (AvgIpc) is 0.813. The predicted octanol–water partition coefficient (Wildman–Crippen LogP) is 20.1. The van der Waals surface area contributed by atoms with Crippen LogP contribution in [0.25, 0.3) is 72.3 Å². The van der Waals surface area contributed by atoms with Crippen molar-refractivity contribution < 1.29 is 50.9 Å². The van der Waals surface area contributed by atoms with Gasteiger partial charge in [-0.2, -0.15) is 18.2 Å². The van der Waals surface area contributed by atoms with E-state index >= 15 is 0 Å². The molecule has 494 valence electrons. The first-order valence-electron chi connectivity index (χ1n) is 40.4. The zero-order valence-corrected chi connectivity index (χ0v) is 62.1. The van der Waals surface area contributed by atoms with Gasteiger partial charge in [0.1, 0.15) is 5.82 Å². The third-order valence-electron chi connectivity index (χ3n) is 18.5. The number of benzene rings is 10. The van der Waals surface area contributed by atoms with Crippen molar-refractivity contribution in [1.82, 2.24) is 14.1 Å². The molecule has 7 heteroatoms. The zero-order valence-electron chi connectivity index (χ0n) is 73.8. The van der Waals surface area contributed by atoms with Crippen LogP contribution in [-0.4, -0.2) is 22.2 Å². The number of para-hydroxylation sites is 1. The van der Waals surface area contributed by atoms with Crippen molar-refractivity contribution in [3.05, 3.63) is 282 Å². The second-order valence-electron chi connectivity index (χ2n) is 31.6. The van der Waals surface area contributed by atoms with E-state index in [9.17, 15) is 20.6 Å². The Morgan fingerprint density at radius 3 is 1.47 bits per heavy atom. The monoisotopic (exact) mass is 1480 g/mol. The van der Waals surface area contributed by atoms with E-state index in [2.05, 4.69) is 181 Å². The Hall–Kier alpha value is -8.67. The van der Waals surface area contributed by atoms with Crippen molar-refractivity contribution >= 4 is 61.7 Å². The third kappa shape index (κ3) is 13.1. The fourth-order valence-electron chi connectivity index (χ4n) is 12.8. The van der Waals surface area contributed by atoms with Gasteiger partial charge in [0, 0.05) is 44.3 Å². The topological polar surface area (TPSA) is 35.9 Å². The van der Waals surface area contributed by atoms with E-state index in [0.29, 0.717) is 45.0 Å². The maximum Gasteiger partial charge on any atom is 0.268 e. The number of hydrogen-bond acceptors (Lipinski definition) is 2. The Kier molecular flexibility index (Phi) is 13.4. The number of hydrogen-bond donors (Lipinski definition) is 0. The number of ether oxygens (including phenoxy) is 1. The second kappa shape index (κ2) is 25.3. The Morgan fingerprint density at radius 1 is 0.433 bits per heavy atom. The molecule has 0 fully saturated rings. The van der Waals surface area contributed by atoms with Crippen molar-refractivity contribution in [3.63, 3.8) is 0 Å². The summed E-state index contributed by atoms with van der Waals surface area (Å²) >= 11 is 0. The third-order valence-corrected chi connectivity index (χ3v) is 22.7. The zero-order chi connectivity index (χ0) is 81.1. The van der Waals surface area contributed by atoms with Gasteiger partial charge in [-0.1, -0.05) is 300 Å². The van der Waals surface area contributed by atoms with E-state index in [-0.39, 0.29) is 53.9 Å². The van der Waals surface area contributed by atoms with Crippen molar-refractivity contribution in [2.75, 3.05) is 0 Å². The Morgan fingerprint density at radius 2 is 0.938 bits per heavy atom. The fraction of sp³-hybridized carbons (Fsp3) is 0.267. The minimum atomic E-state index is -6.00. The van der Waals surface area contributed by atoms with Crippen molar-refractivity contribution in [2.45, 2.75) is 157 Å². The van der Waals surface area contributed by atoms with Crippen LogP contribution in [0.2, 0.25) is 0 Å². The summed E-state index contributed by atoms with van der Waals surface area (Å²) in [4.78, 5) is 4.91. The number of fused-ring (bicyclic) bond motifs is 4. The maximum atomic E-state index is 10.4. The van der Waals surface area contributed by atoms with Crippen LogP contribution in [0, 0.1) is 18.5 Å². The number of imidazole rings is 1. The molecule has 10 aromatic carbocycles. The molecule has 0 saturated heterocycles. The standard InChI is InChI=1S/C90H92N4OSi.Pt/c1-85(2,3)63-45-46-91-83(56-63)94-78-40-29-28-39-75(78)76-43-42-71(58-80(76)94)95-70-32-30-31-69(57-70)92-59-93(79-44-41-60(51-81(79)92)61-47-64(86(4,5)6)52-65(48-61)87(7,8)9)84-77(62-49-66(88(10,11)12)53-67(50-62)89(13,14)15)54-68(90(16,17)18)55-82(84)96(72-33-22-19-23-34-72,73-35-24-20-25-36-73)74-37-26-21-27-38-74;/h19-56H,1-18H3;/q-2;/i19D,20D,21D,22D,23D,24D,25D,26D,27D,33D,34D,35D,36D,37D,38D;. The molecule has 0 spiro atoms. The molecule has 0 aliphatic carbocycles. The molecule has 0 atom stereocenters. The van der Waals surface area contributed by atoms with Gasteiger partial charge in [-0.3, -0.25) is 4.57 Å². The van der Waals surface area contributed by atoms with Gasteiger partial charge in [-0.25, -0.2) is 4.98 Å². The van der Waals surface area contributed by atoms with Gasteiger partial charge in [0.05, 0.1) is 37.3 Å². The summed E-state index contributed by atoms with van der Waals surface area (Å²) < 4.78 is 161. The molecule has 5 nitrogen and oxygen atoms in total. The summed E-state index contributed by atoms with van der Waals surface area (Å²) in [6.45, 7) is 38.1. The van der Waals surface area contributed by atoms with Crippen LogP contribution < -0.4 is 30.1 Å². The first-order valence-corrected chi connectivity index (χ1v) is 34.9. The second-order valence-corrected chi connectivity index (χ2v) is 35.1. The molecule has 3 aromatic heterocycles. The van der Waals surface area contributed by atoms with Crippen LogP contribution in [0.3, 0.4) is 0 Å². The number of pyridine rings is 1. The summed E-state index contributed by atoms with van der Waals surface area (Å²) in [6.07, 6.45) is 5.64. The molecule has 0 saturated carbocycles. The molecule has 0 radical (unpaired) electrons. The Bertz CT molecular complexity index is 5720. The molecule has 0 N–H and O–H groups in total. The summed E-state index contributed by atoms with van der Waals surface area (Å²) in [5, 5.41) is 0.0179. The van der Waals surface area contributed by atoms with Gasteiger partial charge < -0.3 is 13.9 Å². The average molecular weight is 1480 g/mol. The van der Waals surface area contributed by atoms with Crippen molar-refractivity contribution in [3.8, 4) is 50.9 Å². The van der Waals surface area contributed by atoms with E-state index in [4.69, 9.17) is 9.72 Å². The van der Waals surface area contributed by atoms with Gasteiger partial charge in [-0.15, -0.1) is 29.7 Å². The van der Waals surface area contributed by atoms with Crippen LogP contribution in [-0.2, 0) is 53.6 Å². The van der Waals surface area contributed by atoms with Crippen molar-refractivity contribution in [1.29, 1.82) is 0 Å². The molecule has 3 heterocycles. The van der Waals surface area contributed by atoms with E-state index in [1.165, 1.54) is 0 Å². The van der Waals surface area contributed by atoms with Gasteiger partial charge in [0.15, 0.2) is 8.07 Å². The molecule has 0 bridgehead atoms. The summed E-state index contributed by atoms with van der Waals surface area (Å²) in [7, 11) is -6.00. The number of rotatable bonds is 11. The molecular formula is C90H92N4OPtSi-2. The van der Waals surface area contributed by atoms with E-state index in [1.54, 1.807) is 16.7 Å². The first kappa shape index (κ1) is 51.5. The molecule has 13 rings (SSSR count). The van der Waals surface area contributed by atoms with Crippen LogP contribution in [0.1, 0.15) is 179 Å². The molecule has 97 heavy (non-hydrogen) atoms. The molecule has 0 unspecified atom stereocenters. The summed E-state index contributed by atoms with van der Waals surface area (Å²) in [5.74, 6) is 1.36. The minimum absolute atomic E-state index is 0. The number of aromatic nitrogens is 4. The van der Waals surface area contributed by atoms with Crippen LogP contribution in [0.4, 0.5) is 0 Å². The minimum Gasteiger partial charge on any atom is -0.510 e. The van der Waals surface area contributed by atoms with Crippen LogP contribution in [0.15, 0.2) is 230 Å². The van der Waals surface area contributed by atoms with Crippen LogP contribution in [0.5, 0.6) is 11.5 Å². The van der Waals surface area contributed by atoms with E-state index < -0.39 is 131 Å². The molecule has 13 aromatic rings. The van der Waals surface area contributed by atoms with Gasteiger partial charge in [0.25, 0.3) is 6.33 Å². The van der Waals surface area contributed by atoms with Gasteiger partial charge in [-0.05, 0) is 144 Å². The van der Waals surface area contributed by atoms with E-state index in [1.807, 2.05) is 98.3 Å². The Labute approximate surface area is 613 Å².